The Bertz CT molecular complexity index is 804. The standard InChI is InChI=1S/C21H29N5O2/c27-19-17-15-4-5-16(14-15)18(17)20(28)26(19)9-2-1-8-24-10-12-25(13-11-24)21-22-6-3-7-23-21/h3,6-7,15-18H,1-2,4-5,8-14H2/t15-,16+,17-,18+/i4D,8D/t4?,8?,15-,16+,17-,18+/m0/s1. The third kappa shape index (κ3) is 3.09. The molecule has 5 rings (SSSR count). The number of carbonyl (C=O) groups excluding carboxylic acids is 2. The molecule has 6 atom stereocenters. The van der Waals surface area contributed by atoms with Crippen LogP contribution in [0.25, 0.3) is 0 Å². The number of amides is 2. The number of rotatable bonds is 6. The highest BCUT2D eigenvalue weighted by Gasteiger charge is 2.60. The minimum atomic E-state index is -0.329. The van der Waals surface area contributed by atoms with Crippen LogP contribution in [-0.4, -0.2) is 70.8 Å². The van der Waals surface area contributed by atoms with Gasteiger partial charge in [-0.3, -0.25) is 19.4 Å². The maximum absolute atomic E-state index is 12.8. The number of hydrogen-bond acceptors (Lipinski definition) is 6. The lowest BCUT2D eigenvalue weighted by atomic mass is 9.81. The quantitative estimate of drug-likeness (QED) is 0.690. The number of hydrogen-bond donors (Lipinski definition) is 0. The Balaban J connectivity index is 1.09. The summed E-state index contributed by atoms with van der Waals surface area (Å²) in [5.74, 6) is 0.588. The first kappa shape index (κ1) is 15.9. The van der Waals surface area contributed by atoms with Gasteiger partial charge in [0.25, 0.3) is 0 Å². The number of likely N-dealkylation sites (tertiary alicyclic amines) is 1. The lowest BCUT2D eigenvalue weighted by Crippen LogP contribution is -2.47. The molecule has 3 heterocycles. The van der Waals surface area contributed by atoms with E-state index >= 15 is 0 Å². The first-order chi connectivity index (χ1) is 14.5. The smallest absolute Gasteiger partial charge is 0.233 e. The highest BCUT2D eigenvalue weighted by molar-refractivity contribution is 6.06. The van der Waals surface area contributed by atoms with E-state index in [-0.39, 0.29) is 48.4 Å². The van der Waals surface area contributed by atoms with E-state index in [1.165, 1.54) is 4.90 Å². The van der Waals surface area contributed by atoms with Crippen molar-refractivity contribution in [2.45, 2.75) is 32.1 Å². The summed E-state index contributed by atoms with van der Waals surface area (Å²) < 4.78 is 16.6. The third-order valence-corrected chi connectivity index (χ3v) is 6.90. The Labute approximate surface area is 168 Å². The second kappa shape index (κ2) is 7.43. The van der Waals surface area contributed by atoms with Crippen molar-refractivity contribution < 1.29 is 12.3 Å². The fourth-order valence-corrected chi connectivity index (χ4v) is 5.50. The minimum absolute atomic E-state index is 0.0117. The van der Waals surface area contributed by atoms with Gasteiger partial charge in [-0.2, -0.15) is 0 Å². The predicted octanol–water partition coefficient (Wildman–Crippen LogP) is 1.41. The first-order valence-electron chi connectivity index (χ1n) is 11.7. The molecule has 0 N–H and O–H groups in total. The van der Waals surface area contributed by atoms with Gasteiger partial charge in [0.05, 0.1) is 11.8 Å². The van der Waals surface area contributed by atoms with E-state index in [9.17, 15) is 9.59 Å². The molecule has 1 aromatic rings. The topological polar surface area (TPSA) is 69.6 Å². The first-order valence-corrected chi connectivity index (χ1v) is 10.5. The van der Waals surface area contributed by atoms with E-state index in [0.29, 0.717) is 19.4 Å². The van der Waals surface area contributed by atoms with Gasteiger partial charge in [-0.1, -0.05) is 0 Å². The van der Waals surface area contributed by atoms with Gasteiger partial charge < -0.3 is 4.90 Å². The molecule has 2 aliphatic carbocycles. The SMILES string of the molecule is [2H]C1C[C@@H]2C[C@H]1[C@@H]1C(=O)N(CCCC([2H])N3CCN(c4ncccn4)CC3)C(=O)[C@H]21. The second-order valence-electron chi connectivity index (χ2n) is 8.41. The van der Waals surface area contributed by atoms with Gasteiger partial charge in [0, 0.05) is 47.9 Å². The van der Waals surface area contributed by atoms with Crippen molar-refractivity contribution in [3.63, 3.8) is 0 Å². The number of fused-ring (bicyclic) bond motifs is 5. The van der Waals surface area contributed by atoms with Gasteiger partial charge in [-0.25, -0.2) is 9.97 Å². The van der Waals surface area contributed by atoms with Crippen LogP contribution in [0.3, 0.4) is 0 Å². The van der Waals surface area contributed by atoms with Crippen LogP contribution in [0.15, 0.2) is 18.5 Å². The molecule has 2 aliphatic heterocycles. The number of carbonyl (C=O) groups is 2. The van der Waals surface area contributed by atoms with Crippen LogP contribution in [0.2, 0.25) is 0 Å². The van der Waals surface area contributed by atoms with Gasteiger partial charge >= 0.3 is 0 Å². The number of nitrogens with zero attached hydrogens (tertiary/aromatic N) is 5. The molecule has 2 saturated heterocycles. The predicted molar refractivity (Wildman–Crippen MR) is 104 cm³/mol. The average Bonchev–Trinajstić information content (AvgIpc) is 3.40. The molecule has 4 fully saturated rings. The molecule has 2 saturated carbocycles. The lowest BCUT2D eigenvalue weighted by molar-refractivity contribution is -0.140. The summed E-state index contributed by atoms with van der Waals surface area (Å²) in [6.07, 6.45) is 6.26. The molecule has 7 heteroatoms. The molecule has 0 spiro atoms. The van der Waals surface area contributed by atoms with Crippen molar-refractivity contribution in [3.05, 3.63) is 18.5 Å². The molecule has 2 unspecified atom stereocenters. The van der Waals surface area contributed by atoms with Gasteiger partial charge in [0.2, 0.25) is 17.8 Å². The van der Waals surface area contributed by atoms with Gasteiger partial charge in [0.15, 0.2) is 0 Å². The van der Waals surface area contributed by atoms with Gasteiger partial charge in [-0.05, 0) is 56.5 Å². The highest BCUT2D eigenvalue weighted by Crippen LogP contribution is 2.56. The van der Waals surface area contributed by atoms with Gasteiger partial charge in [-0.15, -0.1) is 0 Å². The van der Waals surface area contributed by atoms with Crippen LogP contribution in [0.4, 0.5) is 5.95 Å². The highest BCUT2D eigenvalue weighted by atomic mass is 16.2. The summed E-state index contributed by atoms with van der Waals surface area (Å²) in [7, 11) is 0. The average molecular weight is 386 g/mol. The molecular weight excluding hydrogens is 354 g/mol. The Morgan fingerprint density at radius 1 is 1.04 bits per heavy atom. The minimum Gasteiger partial charge on any atom is -0.338 e. The van der Waals surface area contributed by atoms with E-state index in [0.717, 1.165) is 45.0 Å². The Morgan fingerprint density at radius 3 is 2.50 bits per heavy atom. The van der Waals surface area contributed by atoms with Crippen LogP contribution in [0.5, 0.6) is 0 Å². The fraction of sp³-hybridized carbons (Fsp3) is 0.714. The molecular formula is C21H29N5O2. The molecule has 28 heavy (non-hydrogen) atoms. The van der Waals surface area contributed by atoms with Crippen molar-refractivity contribution in [2.75, 3.05) is 44.1 Å². The van der Waals surface area contributed by atoms with Crippen LogP contribution < -0.4 is 4.90 Å². The van der Waals surface area contributed by atoms with Crippen LogP contribution in [0, 0.1) is 23.7 Å². The van der Waals surface area contributed by atoms with Crippen LogP contribution in [0.1, 0.15) is 34.8 Å². The van der Waals surface area contributed by atoms with E-state index in [1.54, 1.807) is 18.5 Å². The van der Waals surface area contributed by atoms with Crippen LogP contribution >= 0.6 is 0 Å². The zero-order chi connectivity index (χ0) is 20.8. The summed E-state index contributed by atoms with van der Waals surface area (Å²) in [6.45, 7) is 3.25. The number of piperazine rings is 1. The molecule has 2 amide bonds. The van der Waals surface area contributed by atoms with Crippen molar-refractivity contribution in [3.8, 4) is 0 Å². The summed E-state index contributed by atoms with van der Waals surface area (Å²) in [5, 5.41) is 0. The van der Waals surface area contributed by atoms with E-state index in [1.807, 2.05) is 0 Å². The van der Waals surface area contributed by atoms with E-state index < -0.39 is 0 Å². The molecule has 0 aromatic carbocycles. The second-order valence-corrected chi connectivity index (χ2v) is 8.41. The molecule has 2 bridgehead atoms. The fourth-order valence-electron chi connectivity index (χ4n) is 5.50. The van der Waals surface area contributed by atoms with Crippen molar-refractivity contribution in [1.82, 2.24) is 19.8 Å². The molecule has 7 nitrogen and oxygen atoms in total. The lowest BCUT2D eigenvalue weighted by Gasteiger charge is -2.34. The zero-order valence-corrected chi connectivity index (χ0v) is 16.1. The van der Waals surface area contributed by atoms with E-state index in [4.69, 9.17) is 2.74 Å². The van der Waals surface area contributed by atoms with Crippen LogP contribution in [-0.2, 0) is 9.59 Å². The molecule has 150 valence electrons. The Kier molecular flexibility index (Phi) is 4.20. The third-order valence-electron chi connectivity index (χ3n) is 6.90. The summed E-state index contributed by atoms with van der Waals surface area (Å²) in [4.78, 5) is 40.0. The zero-order valence-electron chi connectivity index (χ0n) is 18.1. The maximum Gasteiger partial charge on any atom is 0.233 e. The number of anilines is 1. The summed E-state index contributed by atoms with van der Waals surface area (Å²) >= 11 is 0. The summed E-state index contributed by atoms with van der Waals surface area (Å²) in [6, 6.07) is 1.80. The number of aromatic nitrogens is 2. The van der Waals surface area contributed by atoms with Gasteiger partial charge in [0.1, 0.15) is 0 Å². The number of imide groups is 1. The van der Waals surface area contributed by atoms with Crippen molar-refractivity contribution >= 4 is 17.8 Å². The normalized spacial score (nSPS) is 37.2. The van der Waals surface area contributed by atoms with Crippen molar-refractivity contribution in [2.24, 2.45) is 23.7 Å². The molecule has 0 radical (unpaired) electrons. The Morgan fingerprint density at radius 2 is 1.75 bits per heavy atom. The van der Waals surface area contributed by atoms with E-state index in [2.05, 4.69) is 19.8 Å². The maximum atomic E-state index is 12.8. The Hall–Kier alpha value is -2.02. The molecule has 1 aromatic heterocycles. The van der Waals surface area contributed by atoms with Crippen molar-refractivity contribution in [1.29, 1.82) is 0 Å². The summed E-state index contributed by atoms with van der Waals surface area (Å²) in [5.41, 5.74) is 0. The largest absolute Gasteiger partial charge is 0.338 e. The monoisotopic (exact) mass is 385 g/mol. The molecule has 4 aliphatic rings.